The first-order chi connectivity index (χ1) is 12.8. The van der Waals surface area contributed by atoms with E-state index in [4.69, 9.17) is 9.41 Å². The number of aliphatic imine (C=N–C) groups is 1. The molecule has 0 saturated carbocycles. The van der Waals surface area contributed by atoms with Crippen LogP contribution in [-0.2, 0) is 13.5 Å². The Morgan fingerprint density at radius 2 is 2.19 bits per heavy atom. The first kappa shape index (κ1) is 18.5. The Morgan fingerprint density at radius 3 is 2.85 bits per heavy atom. The van der Waals surface area contributed by atoms with E-state index in [2.05, 4.69) is 33.6 Å². The quantitative estimate of drug-likeness (QED) is 0.557. The predicted octanol–water partition coefficient (Wildman–Crippen LogP) is 1.95. The number of hydrogen-bond donors (Lipinski definition) is 2. The third-order valence-corrected chi connectivity index (χ3v) is 4.68. The number of rotatable bonds is 8. The highest BCUT2D eigenvalue weighted by atomic mass is 16.3. The fourth-order valence-electron chi connectivity index (χ4n) is 3.37. The topological polar surface area (TPSA) is 70.6 Å². The average Bonchev–Trinajstić information content (AvgIpc) is 3.38. The zero-order valence-electron chi connectivity index (χ0n) is 15.8. The Kier molecular flexibility index (Phi) is 6.71. The maximum Gasteiger partial charge on any atom is 0.191 e. The summed E-state index contributed by atoms with van der Waals surface area (Å²) in [6, 6.07) is 4.22. The lowest BCUT2D eigenvalue weighted by Crippen LogP contribution is -2.39. The molecule has 26 heavy (non-hydrogen) atoms. The van der Waals surface area contributed by atoms with Gasteiger partial charge in [-0.25, -0.2) is 0 Å². The van der Waals surface area contributed by atoms with E-state index >= 15 is 0 Å². The molecule has 0 aliphatic carbocycles. The lowest BCUT2D eigenvalue weighted by atomic mass is 10.2. The number of nitrogens with zero attached hydrogens (tertiary/aromatic N) is 4. The zero-order valence-corrected chi connectivity index (χ0v) is 15.8. The van der Waals surface area contributed by atoms with E-state index in [1.54, 1.807) is 6.26 Å². The van der Waals surface area contributed by atoms with Gasteiger partial charge in [-0.05, 0) is 57.0 Å². The van der Waals surface area contributed by atoms with Crippen molar-refractivity contribution in [2.75, 3.05) is 32.7 Å². The van der Waals surface area contributed by atoms with Gasteiger partial charge >= 0.3 is 0 Å². The molecule has 0 radical (unpaired) electrons. The van der Waals surface area contributed by atoms with Crippen molar-refractivity contribution in [2.45, 2.75) is 32.2 Å². The average molecular weight is 358 g/mol. The summed E-state index contributed by atoms with van der Waals surface area (Å²) in [6.45, 7) is 6.68. The summed E-state index contributed by atoms with van der Waals surface area (Å²) >= 11 is 0. The molecule has 1 saturated heterocycles. The molecule has 1 aliphatic rings. The number of hydrogen-bond acceptors (Lipinski definition) is 4. The van der Waals surface area contributed by atoms with E-state index < -0.39 is 0 Å². The normalized spacial score (nSPS) is 16.8. The van der Waals surface area contributed by atoms with Gasteiger partial charge in [-0.15, -0.1) is 0 Å². The largest absolute Gasteiger partial charge is 0.468 e. The predicted molar refractivity (Wildman–Crippen MR) is 103 cm³/mol. The van der Waals surface area contributed by atoms with Crippen LogP contribution in [-0.4, -0.2) is 53.4 Å². The molecular formula is C19H30N6O. The minimum atomic E-state index is 0.210. The number of guanidine groups is 1. The summed E-state index contributed by atoms with van der Waals surface area (Å²) in [5.74, 6) is 1.86. The van der Waals surface area contributed by atoms with Crippen LogP contribution in [0.15, 0.2) is 40.2 Å². The molecule has 2 aromatic heterocycles. The molecule has 0 spiro atoms. The van der Waals surface area contributed by atoms with E-state index in [0.29, 0.717) is 6.54 Å². The Labute approximate surface area is 155 Å². The van der Waals surface area contributed by atoms with Crippen molar-refractivity contribution in [1.29, 1.82) is 0 Å². The Bertz CT molecular complexity index is 672. The van der Waals surface area contributed by atoms with Crippen LogP contribution >= 0.6 is 0 Å². The van der Waals surface area contributed by atoms with Gasteiger partial charge in [-0.1, -0.05) is 0 Å². The molecule has 0 amide bonds. The molecule has 3 rings (SSSR count). The smallest absolute Gasteiger partial charge is 0.191 e. The van der Waals surface area contributed by atoms with Crippen molar-refractivity contribution in [3.05, 3.63) is 42.1 Å². The highest BCUT2D eigenvalue weighted by Gasteiger charge is 2.25. The third-order valence-electron chi connectivity index (χ3n) is 4.68. The molecule has 1 atom stereocenters. The fourth-order valence-corrected chi connectivity index (χ4v) is 3.37. The van der Waals surface area contributed by atoms with Crippen LogP contribution < -0.4 is 10.6 Å². The molecule has 0 bridgehead atoms. The van der Waals surface area contributed by atoms with Crippen LogP contribution in [0.3, 0.4) is 0 Å². The molecule has 7 nitrogen and oxygen atoms in total. The summed E-state index contributed by atoms with van der Waals surface area (Å²) in [5, 5.41) is 11.0. The molecule has 1 aliphatic heterocycles. The molecular weight excluding hydrogens is 328 g/mol. The van der Waals surface area contributed by atoms with Crippen LogP contribution in [0.25, 0.3) is 0 Å². The summed E-state index contributed by atoms with van der Waals surface area (Å²) < 4.78 is 7.51. The Hall–Kier alpha value is -2.28. The summed E-state index contributed by atoms with van der Waals surface area (Å²) in [4.78, 5) is 7.30. The van der Waals surface area contributed by atoms with Crippen LogP contribution in [0.4, 0.5) is 0 Å². The molecule has 0 aromatic carbocycles. The summed E-state index contributed by atoms with van der Waals surface area (Å²) in [7, 11) is 1.94. The lowest BCUT2D eigenvalue weighted by Gasteiger charge is -2.24. The van der Waals surface area contributed by atoms with Gasteiger partial charge in [0.05, 0.1) is 25.0 Å². The van der Waals surface area contributed by atoms with Crippen molar-refractivity contribution < 1.29 is 4.42 Å². The van der Waals surface area contributed by atoms with E-state index in [1.165, 1.54) is 18.4 Å². The number of nitrogens with one attached hydrogen (secondary N) is 2. The van der Waals surface area contributed by atoms with Gasteiger partial charge in [0.1, 0.15) is 5.76 Å². The number of likely N-dealkylation sites (tertiary alicyclic amines) is 1. The van der Waals surface area contributed by atoms with Crippen LogP contribution in [0.5, 0.6) is 0 Å². The highest BCUT2D eigenvalue weighted by Crippen LogP contribution is 2.25. The second-order valence-electron chi connectivity index (χ2n) is 6.69. The second-order valence-corrected chi connectivity index (χ2v) is 6.69. The second kappa shape index (κ2) is 9.43. The molecule has 7 heteroatoms. The first-order valence-corrected chi connectivity index (χ1v) is 9.53. The van der Waals surface area contributed by atoms with Gasteiger partial charge in [0.2, 0.25) is 0 Å². The first-order valence-electron chi connectivity index (χ1n) is 9.53. The van der Waals surface area contributed by atoms with Crippen LogP contribution in [0, 0.1) is 0 Å². The molecule has 1 unspecified atom stereocenters. The Morgan fingerprint density at radius 1 is 1.35 bits per heavy atom. The fraction of sp³-hybridized carbons (Fsp3) is 0.579. The van der Waals surface area contributed by atoms with Gasteiger partial charge in [0.25, 0.3) is 0 Å². The Balaban J connectivity index is 1.58. The van der Waals surface area contributed by atoms with Crippen LogP contribution in [0.1, 0.15) is 37.1 Å². The summed E-state index contributed by atoms with van der Waals surface area (Å²) in [6.07, 6.45) is 9.14. The monoisotopic (exact) mass is 358 g/mol. The van der Waals surface area contributed by atoms with Gasteiger partial charge < -0.3 is 15.1 Å². The minimum Gasteiger partial charge on any atom is -0.468 e. The van der Waals surface area contributed by atoms with Gasteiger partial charge in [-0.2, -0.15) is 5.10 Å². The van der Waals surface area contributed by atoms with Gasteiger partial charge in [-0.3, -0.25) is 14.6 Å². The molecule has 142 valence electrons. The van der Waals surface area contributed by atoms with E-state index in [1.807, 2.05) is 30.2 Å². The molecule has 3 heterocycles. The number of furan rings is 1. The van der Waals surface area contributed by atoms with Gasteiger partial charge in [0, 0.05) is 26.3 Å². The van der Waals surface area contributed by atoms with E-state index in [-0.39, 0.29) is 6.04 Å². The van der Waals surface area contributed by atoms with Crippen molar-refractivity contribution in [1.82, 2.24) is 25.3 Å². The van der Waals surface area contributed by atoms with E-state index in [0.717, 1.165) is 44.3 Å². The van der Waals surface area contributed by atoms with Gasteiger partial charge in [0.15, 0.2) is 5.96 Å². The van der Waals surface area contributed by atoms with E-state index in [9.17, 15) is 0 Å². The van der Waals surface area contributed by atoms with Crippen molar-refractivity contribution in [3.8, 4) is 0 Å². The van der Waals surface area contributed by atoms with Crippen molar-refractivity contribution in [2.24, 2.45) is 12.0 Å². The van der Waals surface area contributed by atoms with Crippen molar-refractivity contribution >= 4 is 5.96 Å². The highest BCUT2D eigenvalue weighted by molar-refractivity contribution is 5.79. The van der Waals surface area contributed by atoms with Crippen molar-refractivity contribution in [3.63, 3.8) is 0 Å². The summed E-state index contributed by atoms with van der Waals surface area (Å²) in [5.41, 5.74) is 1.22. The minimum absolute atomic E-state index is 0.210. The molecule has 2 aromatic rings. The number of aromatic nitrogens is 2. The maximum atomic E-state index is 5.68. The lowest BCUT2D eigenvalue weighted by molar-refractivity contribution is 0.221. The molecule has 1 fully saturated rings. The standard InChI is InChI=1S/C19H30N6O/c1-3-20-19(21-9-8-16-13-23-24(2)15-16)22-14-17(18-7-6-12-26-18)25-10-4-5-11-25/h6-7,12-13,15,17H,3-5,8-11,14H2,1-2H3,(H2,20,21,22). The molecule has 2 N–H and O–H groups in total. The number of aryl methyl sites for hydroxylation is 1. The third kappa shape index (κ3) is 5.11. The van der Waals surface area contributed by atoms with Crippen LogP contribution in [0.2, 0.25) is 0 Å². The maximum absolute atomic E-state index is 5.68. The SMILES string of the molecule is CCNC(=NCC(c1ccco1)N1CCCC1)NCCc1cnn(C)c1. The zero-order chi connectivity index (χ0) is 18.2.